The number of rotatable bonds is 2. The molecule has 1 unspecified atom stereocenters. The van der Waals surface area contributed by atoms with E-state index < -0.39 is 0 Å². The Morgan fingerprint density at radius 1 is 1.42 bits per heavy atom. The fraction of sp³-hybridized carbons (Fsp3) is 0.500. The Hall–Kier alpha value is -1.26. The zero-order chi connectivity index (χ0) is 13.4. The summed E-state index contributed by atoms with van der Waals surface area (Å²) in [6.45, 7) is 4.18. The average molecular weight is 280 g/mol. The van der Waals surface area contributed by atoms with Crippen molar-refractivity contribution in [2.45, 2.75) is 32.4 Å². The fourth-order valence-electron chi connectivity index (χ4n) is 3.03. The van der Waals surface area contributed by atoms with Crippen LogP contribution in [0.15, 0.2) is 23.0 Å². The van der Waals surface area contributed by atoms with E-state index in [-0.39, 0.29) is 11.9 Å². The second-order valence-electron chi connectivity index (χ2n) is 5.07. The highest BCUT2D eigenvalue weighted by atomic mass is 35.5. The number of aromatic amines is 1. The third kappa shape index (κ3) is 2.19. The van der Waals surface area contributed by atoms with E-state index in [2.05, 4.69) is 16.8 Å². The molecule has 1 aromatic heterocycles. The summed E-state index contributed by atoms with van der Waals surface area (Å²) in [5.41, 5.74) is 1.72. The van der Waals surface area contributed by atoms with Crippen LogP contribution in [0.2, 0.25) is 5.02 Å². The molecular formula is C14H18ClN3O. The lowest BCUT2D eigenvalue weighted by Gasteiger charge is -2.35. The van der Waals surface area contributed by atoms with Gasteiger partial charge in [-0.2, -0.15) is 0 Å². The van der Waals surface area contributed by atoms with Gasteiger partial charge in [-0.1, -0.05) is 18.5 Å². The molecule has 19 heavy (non-hydrogen) atoms. The molecule has 102 valence electrons. The molecule has 1 aliphatic rings. The van der Waals surface area contributed by atoms with Crippen LogP contribution in [0.5, 0.6) is 0 Å². The van der Waals surface area contributed by atoms with Crippen molar-refractivity contribution in [3.8, 4) is 0 Å². The molecule has 0 saturated carbocycles. The van der Waals surface area contributed by atoms with Crippen LogP contribution in [0.25, 0.3) is 11.0 Å². The summed E-state index contributed by atoms with van der Waals surface area (Å²) in [7, 11) is 0. The van der Waals surface area contributed by atoms with Crippen molar-refractivity contribution in [3.05, 3.63) is 33.7 Å². The van der Waals surface area contributed by atoms with Crippen LogP contribution in [0.4, 0.5) is 0 Å². The summed E-state index contributed by atoms with van der Waals surface area (Å²) in [5, 5.41) is 0.650. The number of aromatic nitrogens is 2. The largest absolute Gasteiger partial charge is 0.327 e. The van der Waals surface area contributed by atoms with E-state index >= 15 is 0 Å². The monoisotopic (exact) mass is 279 g/mol. The molecule has 5 heteroatoms. The van der Waals surface area contributed by atoms with E-state index in [0.717, 1.165) is 30.5 Å². The van der Waals surface area contributed by atoms with Gasteiger partial charge in [-0.15, -0.1) is 0 Å². The van der Waals surface area contributed by atoms with Crippen molar-refractivity contribution in [2.24, 2.45) is 0 Å². The van der Waals surface area contributed by atoms with Gasteiger partial charge in [-0.25, -0.2) is 4.79 Å². The molecule has 4 nitrogen and oxygen atoms in total. The molecule has 0 bridgehead atoms. The van der Waals surface area contributed by atoms with E-state index in [1.165, 1.54) is 12.8 Å². The van der Waals surface area contributed by atoms with Gasteiger partial charge in [0, 0.05) is 11.6 Å². The highest BCUT2D eigenvalue weighted by molar-refractivity contribution is 6.31. The quantitative estimate of drug-likeness (QED) is 0.918. The van der Waals surface area contributed by atoms with Gasteiger partial charge in [0.25, 0.3) is 0 Å². The maximum atomic E-state index is 12.2. The molecule has 3 rings (SSSR count). The molecule has 1 aliphatic heterocycles. The van der Waals surface area contributed by atoms with Gasteiger partial charge in [0.2, 0.25) is 0 Å². The highest BCUT2D eigenvalue weighted by Crippen LogP contribution is 2.28. The van der Waals surface area contributed by atoms with Crippen molar-refractivity contribution in [1.29, 1.82) is 0 Å². The number of benzene rings is 1. The molecule has 1 aromatic carbocycles. The number of imidazole rings is 1. The minimum absolute atomic E-state index is 0.0392. The first kappa shape index (κ1) is 12.8. The topological polar surface area (TPSA) is 41.0 Å². The SMILES string of the molecule is CCN1CCCCC1n1c(=O)[nH]c2cc(Cl)ccc21. The molecule has 0 spiro atoms. The maximum Gasteiger partial charge on any atom is 0.327 e. The van der Waals surface area contributed by atoms with Crippen LogP contribution in [-0.4, -0.2) is 27.5 Å². The van der Waals surface area contributed by atoms with Gasteiger partial charge < -0.3 is 4.98 Å². The Kier molecular flexibility index (Phi) is 3.37. The smallest absolute Gasteiger partial charge is 0.305 e. The summed E-state index contributed by atoms with van der Waals surface area (Å²) < 4.78 is 1.88. The normalized spacial score (nSPS) is 21.1. The predicted molar refractivity (Wildman–Crippen MR) is 77.7 cm³/mol. The van der Waals surface area contributed by atoms with Gasteiger partial charge >= 0.3 is 5.69 Å². The number of hydrogen-bond donors (Lipinski definition) is 1. The number of nitrogens with zero attached hydrogens (tertiary/aromatic N) is 2. The van der Waals surface area contributed by atoms with Gasteiger partial charge in [0.05, 0.1) is 17.2 Å². The van der Waals surface area contributed by atoms with Gasteiger partial charge in [0.1, 0.15) is 0 Å². The van der Waals surface area contributed by atoms with E-state index in [4.69, 9.17) is 11.6 Å². The summed E-state index contributed by atoms with van der Waals surface area (Å²) in [4.78, 5) is 17.5. The minimum atomic E-state index is -0.0392. The fourth-order valence-corrected chi connectivity index (χ4v) is 3.21. The van der Waals surface area contributed by atoms with Crippen LogP contribution < -0.4 is 5.69 Å². The van der Waals surface area contributed by atoms with E-state index in [1.807, 2.05) is 22.8 Å². The van der Waals surface area contributed by atoms with Crippen molar-refractivity contribution >= 4 is 22.6 Å². The van der Waals surface area contributed by atoms with Gasteiger partial charge in [-0.3, -0.25) is 9.47 Å². The first-order valence-electron chi connectivity index (χ1n) is 6.84. The molecule has 2 aromatic rings. The third-order valence-corrected chi connectivity index (χ3v) is 4.20. The van der Waals surface area contributed by atoms with Gasteiger partial charge in [-0.05, 0) is 44.0 Å². The second kappa shape index (κ2) is 5.02. The van der Waals surface area contributed by atoms with Crippen LogP contribution in [0.3, 0.4) is 0 Å². The molecule has 1 fully saturated rings. The first-order chi connectivity index (χ1) is 9.20. The number of piperidine rings is 1. The summed E-state index contributed by atoms with van der Waals surface area (Å²) >= 11 is 5.98. The number of nitrogens with one attached hydrogen (secondary N) is 1. The average Bonchev–Trinajstić information content (AvgIpc) is 2.73. The van der Waals surface area contributed by atoms with Crippen molar-refractivity contribution < 1.29 is 0 Å². The lowest BCUT2D eigenvalue weighted by molar-refractivity contribution is 0.103. The van der Waals surface area contributed by atoms with E-state index in [9.17, 15) is 4.79 Å². The van der Waals surface area contributed by atoms with E-state index in [1.54, 1.807) is 0 Å². The predicted octanol–water partition coefficient (Wildman–Crippen LogP) is 2.99. The lowest BCUT2D eigenvalue weighted by atomic mass is 10.1. The molecule has 1 saturated heterocycles. The standard InChI is InChI=1S/C14H18ClN3O/c1-2-17-8-4-3-5-13(17)18-12-7-6-10(15)9-11(12)16-14(18)19/h6-7,9,13H,2-5,8H2,1H3,(H,16,19). The first-order valence-corrected chi connectivity index (χ1v) is 7.22. The maximum absolute atomic E-state index is 12.2. The molecule has 1 N–H and O–H groups in total. The molecule has 2 heterocycles. The zero-order valence-electron chi connectivity index (χ0n) is 11.0. The van der Waals surface area contributed by atoms with Crippen LogP contribution in [-0.2, 0) is 0 Å². The van der Waals surface area contributed by atoms with Crippen molar-refractivity contribution in [3.63, 3.8) is 0 Å². The number of halogens is 1. The molecule has 1 atom stereocenters. The van der Waals surface area contributed by atoms with Crippen molar-refractivity contribution in [1.82, 2.24) is 14.5 Å². The summed E-state index contributed by atoms with van der Waals surface area (Å²) in [5.74, 6) is 0. The number of likely N-dealkylation sites (tertiary alicyclic amines) is 1. The minimum Gasteiger partial charge on any atom is -0.305 e. The van der Waals surface area contributed by atoms with Crippen LogP contribution >= 0.6 is 11.6 Å². The zero-order valence-corrected chi connectivity index (χ0v) is 11.8. The van der Waals surface area contributed by atoms with Crippen LogP contribution in [0, 0.1) is 0 Å². The number of hydrogen-bond acceptors (Lipinski definition) is 2. The highest BCUT2D eigenvalue weighted by Gasteiger charge is 2.25. The van der Waals surface area contributed by atoms with Crippen molar-refractivity contribution in [2.75, 3.05) is 13.1 Å². The Morgan fingerprint density at radius 3 is 3.05 bits per heavy atom. The molecule has 0 radical (unpaired) electrons. The van der Waals surface area contributed by atoms with Gasteiger partial charge in [0.15, 0.2) is 0 Å². The Bertz CT molecular complexity index is 646. The summed E-state index contributed by atoms with van der Waals surface area (Å²) in [6.07, 6.45) is 3.59. The Labute approximate surface area is 117 Å². The third-order valence-electron chi connectivity index (χ3n) is 3.96. The Balaban J connectivity index is 2.13. The number of H-pyrrole nitrogens is 1. The molecule has 0 aliphatic carbocycles. The van der Waals surface area contributed by atoms with E-state index in [0.29, 0.717) is 5.02 Å². The second-order valence-corrected chi connectivity index (χ2v) is 5.50. The van der Waals surface area contributed by atoms with Crippen LogP contribution in [0.1, 0.15) is 32.4 Å². The molecule has 0 amide bonds. The lowest BCUT2D eigenvalue weighted by Crippen LogP contribution is -2.40. The number of fused-ring (bicyclic) bond motifs is 1. The summed E-state index contributed by atoms with van der Waals surface area (Å²) in [6, 6.07) is 5.58. The Morgan fingerprint density at radius 2 is 2.26 bits per heavy atom. The molecular weight excluding hydrogens is 262 g/mol.